The Morgan fingerprint density at radius 3 is 2.00 bits per heavy atom. The van der Waals surface area contributed by atoms with Crippen LogP contribution in [0.25, 0.3) is 0 Å². The third kappa shape index (κ3) is 5.07. The average molecular weight is 331 g/mol. The van der Waals surface area contributed by atoms with E-state index in [2.05, 4.69) is 54.6 Å². The first kappa shape index (κ1) is 16.5. The van der Waals surface area contributed by atoms with Crippen molar-refractivity contribution in [2.75, 3.05) is 32.7 Å². The summed E-state index contributed by atoms with van der Waals surface area (Å²) in [5.41, 5.74) is 2.71. The molecule has 0 bridgehead atoms. The number of alkyl halides is 1. The number of quaternary nitrogens is 2. The minimum Gasteiger partial charge on any atom is -0.326 e. The fraction of sp³-hybridized carbons (Fsp3) is 0.400. The van der Waals surface area contributed by atoms with Crippen molar-refractivity contribution in [3.05, 3.63) is 71.8 Å². The molecular weight excluding hydrogens is 304 g/mol. The fourth-order valence-electron chi connectivity index (χ4n) is 3.43. The van der Waals surface area contributed by atoms with Gasteiger partial charge in [0.05, 0.1) is 11.9 Å². The first-order valence-electron chi connectivity index (χ1n) is 8.71. The lowest BCUT2D eigenvalue weighted by molar-refractivity contribution is -1.02. The molecule has 1 aliphatic heterocycles. The number of halogens is 1. The van der Waals surface area contributed by atoms with E-state index in [1.807, 2.05) is 6.07 Å². The van der Waals surface area contributed by atoms with Crippen LogP contribution in [-0.2, 0) is 6.54 Å². The van der Waals surface area contributed by atoms with Crippen LogP contribution < -0.4 is 9.80 Å². The maximum Gasteiger partial charge on any atom is 0.127 e. The molecule has 2 aromatic rings. The van der Waals surface area contributed by atoms with E-state index in [4.69, 9.17) is 11.6 Å². The topological polar surface area (TPSA) is 8.88 Å². The first-order chi connectivity index (χ1) is 11.3. The van der Waals surface area contributed by atoms with Crippen molar-refractivity contribution in [1.29, 1.82) is 0 Å². The molecule has 0 aromatic heterocycles. The predicted molar refractivity (Wildman–Crippen MR) is 96.1 cm³/mol. The molecule has 0 aliphatic carbocycles. The van der Waals surface area contributed by atoms with Gasteiger partial charge in [-0.2, -0.15) is 0 Å². The lowest BCUT2D eigenvalue weighted by atomic mass is 10.1. The molecule has 0 radical (unpaired) electrons. The van der Waals surface area contributed by atoms with Gasteiger partial charge in [-0.25, -0.2) is 0 Å². The standard InChI is InChI=1S/C20H25ClN2/c21-20(19-9-5-2-6-10-19)11-12-22-13-15-23(16-14-22)17-18-7-3-1-4-8-18/h1-10,20H,11-17H2/p+2/t20-/m1/s1. The summed E-state index contributed by atoms with van der Waals surface area (Å²) in [6, 6.07) is 21.3. The van der Waals surface area contributed by atoms with Crippen molar-refractivity contribution in [3.63, 3.8) is 0 Å². The summed E-state index contributed by atoms with van der Waals surface area (Å²) in [6.45, 7) is 7.41. The van der Waals surface area contributed by atoms with E-state index >= 15 is 0 Å². The van der Waals surface area contributed by atoms with Gasteiger partial charge >= 0.3 is 0 Å². The summed E-state index contributed by atoms with van der Waals surface area (Å²) in [5.74, 6) is 0. The largest absolute Gasteiger partial charge is 0.326 e. The third-order valence-electron chi connectivity index (χ3n) is 4.87. The van der Waals surface area contributed by atoms with Crippen LogP contribution in [0.2, 0.25) is 0 Å². The lowest BCUT2D eigenvalue weighted by Gasteiger charge is -2.30. The van der Waals surface area contributed by atoms with Crippen molar-refractivity contribution in [3.8, 4) is 0 Å². The first-order valence-corrected chi connectivity index (χ1v) is 9.15. The van der Waals surface area contributed by atoms with E-state index in [0.29, 0.717) is 0 Å². The molecule has 2 nitrogen and oxygen atoms in total. The summed E-state index contributed by atoms with van der Waals surface area (Å²) in [5, 5.41) is 0.151. The summed E-state index contributed by atoms with van der Waals surface area (Å²) in [4.78, 5) is 3.42. The van der Waals surface area contributed by atoms with E-state index in [1.165, 1.54) is 43.9 Å². The normalized spacial score (nSPS) is 22.7. The molecule has 0 spiro atoms. The molecule has 0 saturated carbocycles. The SMILES string of the molecule is Cl[C@H](CC[NH+]1CC[NH+](Cc2ccccc2)CC1)c1ccccc1. The molecule has 1 atom stereocenters. The molecule has 1 saturated heterocycles. The summed E-state index contributed by atoms with van der Waals surface area (Å²) >= 11 is 6.54. The van der Waals surface area contributed by atoms with E-state index in [0.717, 1.165) is 13.0 Å². The molecule has 3 heteroatoms. The molecule has 122 valence electrons. The van der Waals surface area contributed by atoms with E-state index in [1.54, 1.807) is 9.80 Å². The highest BCUT2D eigenvalue weighted by Gasteiger charge is 2.23. The van der Waals surface area contributed by atoms with Gasteiger partial charge in [0.15, 0.2) is 0 Å². The van der Waals surface area contributed by atoms with E-state index in [9.17, 15) is 0 Å². The monoisotopic (exact) mass is 330 g/mol. The highest BCUT2D eigenvalue weighted by atomic mass is 35.5. The van der Waals surface area contributed by atoms with Crippen molar-refractivity contribution in [2.24, 2.45) is 0 Å². The molecule has 0 amide bonds. The van der Waals surface area contributed by atoms with Crippen LogP contribution in [0.5, 0.6) is 0 Å². The Morgan fingerprint density at radius 1 is 0.783 bits per heavy atom. The summed E-state index contributed by atoms with van der Waals surface area (Å²) in [6.07, 6.45) is 1.06. The molecule has 0 unspecified atom stereocenters. The molecule has 1 heterocycles. The number of hydrogen-bond acceptors (Lipinski definition) is 0. The minimum atomic E-state index is 0.151. The van der Waals surface area contributed by atoms with Crippen LogP contribution in [0.15, 0.2) is 60.7 Å². The molecular formula is C20H27ClN2+2. The zero-order chi connectivity index (χ0) is 15.9. The number of piperazine rings is 1. The number of rotatable bonds is 6. The highest BCUT2D eigenvalue weighted by Crippen LogP contribution is 2.22. The molecule has 1 fully saturated rings. The quantitative estimate of drug-likeness (QED) is 0.740. The Morgan fingerprint density at radius 2 is 1.35 bits per heavy atom. The third-order valence-corrected chi connectivity index (χ3v) is 5.34. The van der Waals surface area contributed by atoms with Gasteiger partial charge in [-0.1, -0.05) is 60.7 Å². The Bertz CT molecular complexity index is 565. The molecule has 2 N–H and O–H groups in total. The molecule has 23 heavy (non-hydrogen) atoms. The summed E-state index contributed by atoms with van der Waals surface area (Å²) < 4.78 is 0. The van der Waals surface area contributed by atoms with Crippen molar-refractivity contribution >= 4 is 11.6 Å². The van der Waals surface area contributed by atoms with E-state index < -0.39 is 0 Å². The minimum absolute atomic E-state index is 0.151. The molecule has 2 aromatic carbocycles. The maximum atomic E-state index is 6.54. The van der Waals surface area contributed by atoms with Gasteiger partial charge < -0.3 is 9.80 Å². The zero-order valence-corrected chi connectivity index (χ0v) is 14.4. The van der Waals surface area contributed by atoms with Gasteiger partial charge in [0.25, 0.3) is 0 Å². The Balaban J connectivity index is 1.39. The van der Waals surface area contributed by atoms with E-state index in [-0.39, 0.29) is 5.38 Å². The Labute approximate surface area is 144 Å². The molecule has 3 rings (SSSR count). The van der Waals surface area contributed by atoms with Crippen molar-refractivity contribution in [2.45, 2.75) is 18.3 Å². The smallest absolute Gasteiger partial charge is 0.127 e. The van der Waals surface area contributed by atoms with Gasteiger partial charge in [0.2, 0.25) is 0 Å². The average Bonchev–Trinajstić information content (AvgIpc) is 2.62. The van der Waals surface area contributed by atoms with Crippen LogP contribution >= 0.6 is 11.6 Å². The second kappa shape index (κ2) is 8.49. The van der Waals surface area contributed by atoms with Crippen LogP contribution in [-0.4, -0.2) is 32.7 Å². The molecule has 1 aliphatic rings. The highest BCUT2D eigenvalue weighted by molar-refractivity contribution is 6.20. The van der Waals surface area contributed by atoms with Gasteiger partial charge in [0.1, 0.15) is 32.7 Å². The number of hydrogen-bond donors (Lipinski definition) is 2. The van der Waals surface area contributed by atoms with Crippen LogP contribution in [0.4, 0.5) is 0 Å². The number of nitrogens with one attached hydrogen (secondary N) is 2. The van der Waals surface area contributed by atoms with Crippen LogP contribution in [0, 0.1) is 0 Å². The fourth-order valence-corrected chi connectivity index (χ4v) is 3.68. The Kier molecular flexibility index (Phi) is 6.09. The summed E-state index contributed by atoms with van der Waals surface area (Å²) in [7, 11) is 0. The van der Waals surface area contributed by atoms with Gasteiger partial charge in [-0.05, 0) is 5.56 Å². The second-order valence-electron chi connectivity index (χ2n) is 6.58. The van der Waals surface area contributed by atoms with Crippen LogP contribution in [0.3, 0.4) is 0 Å². The maximum absolute atomic E-state index is 6.54. The van der Waals surface area contributed by atoms with Crippen molar-refractivity contribution in [1.82, 2.24) is 0 Å². The van der Waals surface area contributed by atoms with Crippen molar-refractivity contribution < 1.29 is 9.80 Å². The second-order valence-corrected chi connectivity index (χ2v) is 7.11. The van der Waals surface area contributed by atoms with Gasteiger partial charge in [-0.15, -0.1) is 11.6 Å². The predicted octanol–water partition coefficient (Wildman–Crippen LogP) is 1.34. The van der Waals surface area contributed by atoms with Gasteiger partial charge in [0, 0.05) is 12.0 Å². The number of benzene rings is 2. The Hall–Kier alpha value is -1.35. The zero-order valence-electron chi connectivity index (χ0n) is 13.7. The van der Waals surface area contributed by atoms with Gasteiger partial charge in [-0.3, -0.25) is 0 Å². The lowest BCUT2D eigenvalue weighted by Crippen LogP contribution is -3.27. The van der Waals surface area contributed by atoms with Crippen LogP contribution in [0.1, 0.15) is 22.9 Å².